The van der Waals surface area contributed by atoms with Gasteiger partial charge in [0.05, 0.1) is 0 Å². The molecule has 14 heavy (non-hydrogen) atoms. The first-order valence-corrected chi connectivity index (χ1v) is 5.81. The molecule has 0 aromatic heterocycles. The highest BCUT2D eigenvalue weighted by Gasteiger charge is 2.14. The smallest absolute Gasteiger partial charge is 0.306 e. The van der Waals surface area contributed by atoms with Crippen molar-refractivity contribution in [2.75, 3.05) is 0 Å². The SMILES string of the molecule is [CH2]CCC(=O)OC1CCCCCCC1. The van der Waals surface area contributed by atoms with Gasteiger partial charge in [-0.2, -0.15) is 0 Å². The Bertz CT molecular complexity index is 158. The second kappa shape index (κ2) is 6.86. The van der Waals surface area contributed by atoms with Crippen LogP contribution in [0.4, 0.5) is 0 Å². The summed E-state index contributed by atoms with van der Waals surface area (Å²) < 4.78 is 5.39. The fraction of sp³-hybridized carbons (Fsp3) is 0.833. The molecule has 1 aliphatic rings. The number of carbonyl (C=O) groups excluding carboxylic acids is 1. The van der Waals surface area contributed by atoms with E-state index < -0.39 is 0 Å². The van der Waals surface area contributed by atoms with Crippen LogP contribution in [0.25, 0.3) is 0 Å². The van der Waals surface area contributed by atoms with E-state index in [1.54, 1.807) is 0 Å². The molecule has 1 rings (SSSR count). The molecule has 0 atom stereocenters. The average Bonchev–Trinajstić information content (AvgIpc) is 2.10. The van der Waals surface area contributed by atoms with Crippen LogP contribution in [0.1, 0.15) is 57.8 Å². The van der Waals surface area contributed by atoms with Gasteiger partial charge in [-0.05, 0) is 32.1 Å². The Hall–Kier alpha value is -0.530. The minimum Gasteiger partial charge on any atom is -0.462 e. The number of ether oxygens (including phenoxy) is 1. The first-order valence-electron chi connectivity index (χ1n) is 5.81. The Morgan fingerprint density at radius 2 is 1.71 bits per heavy atom. The van der Waals surface area contributed by atoms with E-state index in [1.165, 1.54) is 32.1 Å². The number of esters is 1. The largest absolute Gasteiger partial charge is 0.462 e. The molecule has 1 fully saturated rings. The molecule has 0 saturated heterocycles. The molecule has 1 aliphatic carbocycles. The van der Waals surface area contributed by atoms with E-state index in [9.17, 15) is 4.79 Å². The molecule has 2 nitrogen and oxygen atoms in total. The second-order valence-corrected chi connectivity index (χ2v) is 4.06. The summed E-state index contributed by atoms with van der Waals surface area (Å²) in [6.45, 7) is 3.65. The summed E-state index contributed by atoms with van der Waals surface area (Å²) in [6, 6.07) is 0. The number of hydrogen-bond donors (Lipinski definition) is 0. The van der Waals surface area contributed by atoms with Gasteiger partial charge in [0.1, 0.15) is 6.10 Å². The van der Waals surface area contributed by atoms with E-state index in [0.717, 1.165) is 12.8 Å². The summed E-state index contributed by atoms with van der Waals surface area (Å²) in [5.74, 6) is -0.0643. The third kappa shape index (κ3) is 4.64. The molecule has 0 aromatic rings. The first kappa shape index (κ1) is 11.5. The third-order valence-corrected chi connectivity index (χ3v) is 2.73. The van der Waals surface area contributed by atoms with E-state index in [1.807, 2.05) is 0 Å². The van der Waals surface area contributed by atoms with Crippen LogP contribution < -0.4 is 0 Å². The minimum absolute atomic E-state index is 0.0643. The molecule has 81 valence electrons. The topological polar surface area (TPSA) is 26.3 Å². The molecule has 2 heteroatoms. The van der Waals surface area contributed by atoms with Gasteiger partial charge in [-0.25, -0.2) is 0 Å². The quantitative estimate of drug-likeness (QED) is 0.649. The highest BCUT2D eigenvalue weighted by atomic mass is 16.5. The minimum atomic E-state index is -0.0643. The maximum absolute atomic E-state index is 11.2. The van der Waals surface area contributed by atoms with E-state index in [-0.39, 0.29) is 12.1 Å². The molecule has 1 radical (unpaired) electrons. The van der Waals surface area contributed by atoms with Crippen molar-refractivity contribution in [3.63, 3.8) is 0 Å². The lowest BCUT2D eigenvalue weighted by Crippen LogP contribution is -2.19. The lowest BCUT2D eigenvalue weighted by Gasteiger charge is -2.19. The van der Waals surface area contributed by atoms with Crippen molar-refractivity contribution in [1.82, 2.24) is 0 Å². The molecular weight excluding hydrogens is 176 g/mol. The normalized spacial score (nSPS) is 19.8. The van der Waals surface area contributed by atoms with Gasteiger partial charge in [0.2, 0.25) is 0 Å². The van der Waals surface area contributed by atoms with Gasteiger partial charge in [-0.15, -0.1) is 0 Å². The maximum atomic E-state index is 11.2. The van der Waals surface area contributed by atoms with E-state index >= 15 is 0 Å². The predicted molar refractivity (Wildman–Crippen MR) is 56.8 cm³/mol. The van der Waals surface area contributed by atoms with Crippen LogP contribution in [0.3, 0.4) is 0 Å². The molecule has 0 bridgehead atoms. The van der Waals surface area contributed by atoms with Crippen LogP contribution in [0.2, 0.25) is 0 Å². The van der Waals surface area contributed by atoms with Crippen molar-refractivity contribution in [3.05, 3.63) is 6.92 Å². The fourth-order valence-corrected chi connectivity index (χ4v) is 1.93. The lowest BCUT2D eigenvalue weighted by molar-refractivity contribution is -0.149. The summed E-state index contributed by atoms with van der Waals surface area (Å²) in [7, 11) is 0. The molecule has 0 amide bonds. The zero-order valence-corrected chi connectivity index (χ0v) is 8.96. The lowest BCUT2D eigenvalue weighted by atomic mass is 9.98. The third-order valence-electron chi connectivity index (χ3n) is 2.73. The van der Waals surface area contributed by atoms with Crippen molar-refractivity contribution >= 4 is 5.97 Å². The van der Waals surface area contributed by atoms with Crippen molar-refractivity contribution in [3.8, 4) is 0 Å². The number of hydrogen-bond acceptors (Lipinski definition) is 2. The molecule has 0 N–H and O–H groups in total. The van der Waals surface area contributed by atoms with Crippen LogP contribution in [0.15, 0.2) is 0 Å². The summed E-state index contributed by atoms with van der Waals surface area (Å²) in [5, 5.41) is 0. The molecule has 0 unspecified atom stereocenters. The van der Waals surface area contributed by atoms with Crippen molar-refractivity contribution < 1.29 is 9.53 Å². The Balaban J connectivity index is 2.22. The van der Waals surface area contributed by atoms with Gasteiger partial charge < -0.3 is 4.74 Å². The zero-order chi connectivity index (χ0) is 10.2. The Kier molecular flexibility index (Phi) is 5.65. The Labute approximate surface area is 87.0 Å². The zero-order valence-electron chi connectivity index (χ0n) is 8.96. The van der Waals surface area contributed by atoms with Crippen molar-refractivity contribution in [2.45, 2.75) is 63.9 Å². The van der Waals surface area contributed by atoms with Gasteiger partial charge in [-0.3, -0.25) is 4.79 Å². The van der Waals surface area contributed by atoms with Gasteiger partial charge in [0.15, 0.2) is 0 Å². The summed E-state index contributed by atoms with van der Waals surface area (Å²) in [4.78, 5) is 11.2. The number of rotatable bonds is 3. The van der Waals surface area contributed by atoms with Crippen LogP contribution in [0.5, 0.6) is 0 Å². The van der Waals surface area contributed by atoms with Crippen LogP contribution >= 0.6 is 0 Å². The van der Waals surface area contributed by atoms with Gasteiger partial charge in [0, 0.05) is 6.42 Å². The monoisotopic (exact) mass is 197 g/mol. The van der Waals surface area contributed by atoms with E-state index in [4.69, 9.17) is 4.74 Å². The first-order chi connectivity index (χ1) is 6.83. The molecule has 0 aliphatic heterocycles. The summed E-state index contributed by atoms with van der Waals surface area (Å²) in [5.41, 5.74) is 0. The van der Waals surface area contributed by atoms with Crippen LogP contribution in [-0.4, -0.2) is 12.1 Å². The fourth-order valence-electron chi connectivity index (χ4n) is 1.93. The molecule has 0 heterocycles. The van der Waals surface area contributed by atoms with E-state index in [2.05, 4.69) is 6.92 Å². The standard InChI is InChI=1S/C12H21O2/c1-2-8-12(13)14-11-9-6-4-3-5-7-10-11/h11H,1-10H2. The molecular formula is C12H21O2. The Morgan fingerprint density at radius 3 is 2.29 bits per heavy atom. The van der Waals surface area contributed by atoms with Crippen LogP contribution in [0, 0.1) is 6.92 Å². The van der Waals surface area contributed by atoms with Gasteiger partial charge >= 0.3 is 5.97 Å². The van der Waals surface area contributed by atoms with E-state index in [0.29, 0.717) is 12.8 Å². The number of carbonyl (C=O) groups is 1. The highest BCUT2D eigenvalue weighted by molar-refractivity contribution is 5.69. The summed E-state index contributed by atoms with van der Waals surface area (Å²) >= 11 is 0. The maximum Gasteiger partial charge on any atom is 0.306 e. The van der Waals surface area contributed by atoms with Gasteiger partial charge in [0.25, 0.3) is 0 Å². The second-order valence-electron chi connectivity index (χ2n) is 4.06. The Morgan fingerprint density at radius 1 is 1.14 bits per heavy atom. The van der Waals surface area contributed by atoms with Gasteiger partial charge in [-0.1, -0.05) is 26.2 Å². The molecule has 0 spiro atoms. The average molecular weight is 197 g/mol. The molecule has 1 saturated carbocycles. The van der Waals surface area contributed by atoms with Crippen molar-refractivity contribution in [2.24, 2.45) is 0 Å². The highest BCUT2D eigenvalue weighted by Crippen LogP contribution is 2.19. The van der Waals surface area contributed by atoms with Crippen LogP contribution in [-0.2, 0) is 9.53 Å². The predicted octanol–water partition coefficient (Wildman–Crippen LogP) is 3.26. The summed E-state index contributed by atoms with van der Waals surface area (Å²) in [6.07, 6.45) is 9.78. The van der Waals surface area contributed by atoms with Crippen molar-refractivity contribution in [1.29, 1.82) is 0 Å². The molecule has 0 aromatic carbocycles.